The molecule has 0 bridgehead atoms. The number of ether oxygens (including phenoxy) is 1. The molecule has 16 heavy (non-hydrogen) atoms. The van der Waals surface area contributed by atoms with Gasteiger partial charge in [0.25, 0.3) is 10.0 Å². The number of aryl methyl sites for hydroxylation is 1. The highest BCUT2D eigenvalue weighted by atomic mass is 32.2. The Morgan fingerprint density at radius 2 is 1.94 bits per heavy atom. The van der Waals surface area contributed by atoms with Crippen molar-refractivity contribution in [3.05, 3.63) is 41.8 Å². The van der Waals surface area contributed by atoms with Gasteiger partial charge in [0, 0.05) is 6.42 Å². The predicted molar refractivity (Wildman–Crippen MR) is 60.2 cm³/mol. The minimum Gasteiger partial charge on any atom is -0.499 e. The van der Waals surface area contributed by atoms with E-state index in [-0.39, 0.29) is 4.90 Å². The molecule has 0 aromatic heterocycles. The largest absolute Gasteiger partial charge is 0.499 e. The summed E-state index contributed by atoms with van der Waals surface area (Å²) in [5, 5.41) is 0. The van der Waals surface area contributed by atoms with E-state index < -0.39 is 10.0 Å². The zero-order valence-electron chi connectivity index (χ0n) is 8.93. The van der Waals surface area contributed by atoms with E-state index in [9.17, 15) is 8.42 Å². The Hall–Kier alpha value is -1.49. The fraction of sp³-hybridized carbons (Fsp3) is 0.273. The first-order chi connectivity index (χ1) is 7.58. The van der Waals surface area contributed by atoms with E-state index in [4.69, 9.17) is 4.74 Å². The van der Waals surface area contributed by atoms with Crippen LogP contribution in [0.4, 0.5) is 0 Å². The van der Waals surface area contributed by atoms with E-state index in [0.29, 0.717) is 18.7 Å². The average molecular weight is 239 g/mol. The molecule has 0 radical (unpaired) electrons. The van der Waals surface area contributed by atoms with Gasteiger partial charge in [0.15, 0.2) is 0 Å². The number of benzene rings is 1. The van der Waals surface area contributed by atoms with E-state index in [1.54, 1.807) is 24.3 Å². The lowest BCUT2D eigenvalue weighted by Crippen LogP contribution is -2.22. The van der Waals surface area contributed by atoms with Crippen molar-refractivity contribution in [3.63, 3.8) is 0 Å². The summed E-state index contributed by atoms with van der Waals surface area (Å²) < 4.78 is 31.3. The van der Waals surface area contributed by atoms with Crippen LogP contribution in [0.25, 0.3) is 0 Å². The van der Waals surface area contributed by atoms with E-state index in [0.717, 1.165) is 5.56 Å². The van der Waals surface area contributed by atoms with Gasteiger partial charge in [-0.2, -0.15) is 0 Å². The van der Waals surface area contributed by atoms with Gasteiger partial charge in [0.1, 0.15) is 6.26 Å². The summed E-state index contributed by atoms with van der Waals surface area (Å²) in [4.78, 5) is 0.269. The summed E-state index contributed by atoms with van der Waals surface area (Å²) >= 11 is 0. The second-order valence-corrected chi connectivity index (χ2v) is 5.36. The SMILES string of the molecule is Cc1ccc(S(=O)(=O)NC2=COCC2)cc1. The van der Waals surface area contributed by atoms with Crippen molar-refractivity contribution in [2.45, 2.75) is 18.2 Å². The first kappa shape index (κ1) is 11.0. The van der Waals surface area contributed by atoms with Gasteiger partial charge in [-0.05, 0) is 19.1 Å². The molecular weight excluding hydrogens is 226 g/mol. The van der Waals surface area contributed by atoms with Gasteiger partial charge >= 0.3 is 0 Å². The van der Waals surface area contributed by atoms with Crippen molar-refractivity contribution in [1.29, 1.82) is 0 Å². The van der Waals surface area contributed by atoms with Gasteiger partial charge in [-0.15, -0.1) is 0 Å². The zero-order valence-corrected chi connectivity index (χ0v) is 9.75. The molecule has 0 aliphatic carbocycles. The second-order valence-electron chi connectivity index (χ2n) is 3.68. The molecule has 4 nitrogen and oxygen atoms in total. The monoisotopic (exact) mass is 239 g/mol. The highest BCUT2D eigenvalue weighted by Crippen LogP contribution is 2.14. The smallest absolute Gasteiger partial charge is 0.261 e. The first-order valence-corrected chi connectivity index (χ1v) is 6.46. The van der Waals surface area contributed by atoms with Crippen LogP contribution in [0.1, 0.15) is 12.0 Å². The maximum atomic E-state index is 11.9. The molecule has 1 N–H and O–H groups in total. The molecule has 5 heteroatoms. The lowest BCUT2D eigenvalue weighted by atomic mass is 10.2. The van der Waals surface area contributed by atoms with E-state index in [1.165, 1.54) is 6.26 Å². The third kappa shape index (κ3) is 2.36. The number of rotatable bonds is 3. The molecule has 0 amide bonds. The normalized spacial score (nSPS) is 15.4. The summed E-state index contributed by atoms with van der Waals surface area (Å²) in [7, 11) is -3.46. The van der Waals surface area contributed by atoms with Crippen LogP contribution in [0, 0.1) is 6.92 Å². The Bertz CT molecular complexity index is 503. The minimum atomic E-state index is -3.46. The average Bonchev–Trinajstić information content (AvgIpc) is 2.70. The molecule has 0 spiro atoms. The van der Waals surface area contributed by atoms with E-state index in [1.807, 2.05) is 6.92 Å². The predicted octanol–water partition coefficient (Wildman–Crippen LogP) is 1.54. The molecule has 0 fully saturated rings. The summed E-state index contributed by atoms with van der Waals surface area (Å²) in [6.07, 6.45) is 2.05. The van der Waals surface area contributed by atoms with Crippen LogP contribution in [0.2, 0.25) is 0 Å². The van der Waals surface area contributed by atoms with Crippen molar-refractivity contribution in [2.75, 3.05) is 6.61 Å². The van der Waals surface area contributed by atoms with Gasteiger partial charge in [0.2, 0.25) is 0 Å². The molecule has 1 aliphatic rings. The molecule has 1 aliphatic heterocycles. The first-order valence-electron chi connectivity index (χ1n) is 4.98. The van der Waals surface area contributed by atoms with Crippen molar-refractivity contribution in [3.8, 4) is 0 Å². The highest BCUT2D eigenvalue weighted by molar-refractivity contribution is 7.89. The highest BCUT2D eigenvalue weighted by Gasteiger charge is 2.17. The molecule has 0 saturated carbocycles. The molecule has 0 atom stereocenters. The third-order valence-electron chi connectivity index (χ3n) is 2.31. The Kier molecular flexibility index (Phi) is 2.87. The Morgan fingerprint density at radius 3 is 2.50 bits per heavy atom. The standard InChI is InChI=1S/C11H13NO3S/c1-9-2-4-11(5-3-9)16(13,14)12-10-6-7-15-8-10/h2-5,8,12H,6-7H2,1H3. The van der Waals surface area contributed by atoms with Crippen LogP contribution in [-0.4, -0.2) is 15.0 Å². The topological polar surface area (TPSA) is 55.4 Å². The van der Waals surface area contributed by atoms with Crippen molar-refractivity contribution in [2.24, 2.45) is 0 Å². The van der Waals surface area contributed by atoms with Crippen LogP contribution in [0.5, 0.6) is 0 Å². The van der Waals surface area contributed by atoms with Gasteiger partial charge in [-0.25, -0.2) is 8.42 Å². The molecule has 0 saturated heterocycles. The summed E-state index contributed by atoms with van der Waals surface area (Å²) in [5.74, 6) is 0. The fourth-order valence-corrected chi connectivity index (χ4v) is 2.52. The van der Waals surface area contributed by atoms with E-state index >= 15 is 0 Å². The lowest BCUT2D eigenvalue weighted by molar-refractivity contribution is 0.281. The van der Waals surface area contributed by atoms with Crippen LogP contribution >= 0.6 is 0 Å². The summed E-state index contributed by atoms with van der Waals surface area (Å²) in [5.41, 5.74) is 1.63. The summed E-state index contributed by atoms with van der Waals surface area (Å²) in [6, 6.07) is 6.73. The number of sulfonamides is 1. The van der Waals surface area contributed by atoms with Gasteiger partial charge in [-0.1, -0.05) is 17.7 Å². The minimum absolute atomic E-state index is 0.269. The van der Waals surface area contributed by atoms with Gasteiger partial charge < -0.3 is 4.74 Å². The molecule has 0 unspecified atom stereocenters. The van der Waals surface area contributed by atoms with Gasteiger partial charge in [-0.3, -0.25) is 4.72 Å². The molecule has 86 valence electrons. The number of nitrogens with one attached hydrogen (secondary N) is 1. The Balaban J connectivity index is 2.21. The van der Waals surface area contributed by atoms with Crippen LogP contribution in [0.3, 0.4) is 0 Å². The maximum Gasteiger partial charge on any atom is 0.261 e. The zero-order chi connectivity index (χ0) is 11.6. The van der Waals surface area contributed by atoms with Gasteiger partial charge in [0.05, 0.1) is 17.2 Å². The Morgan fingerprint density at radius 1 is 1.25 bits per heavy atom. The third-order valence-corrected chi connectivity index (χ3v) is 3.74. The van der Waals surface area contributed by atoms with Crippen molar-refractivity contribution in [1.82, 2.24) is 4.72 Å². The number of hydrogen-bond donors (Lipinski definition) is 1. The second kappa shape index (κ2) is 4.17. The van der Waals surface area contributed by atoms with Crippen molar-refractivity contribution < 1.29 is 13.2 Å². The number of hydrogen-bond acceptors (Lipinski definition) is 3. The fourth-order valence-electron chi connectivity index (χ4n) is 1.41. The van der Waals surface area contributed by atoms with Crippen molar-refractivity contribution >= 4 is 10.0 Å². The molecule has 1 aromatic carbocycles. The quantitative estimate of drug-likeness (QED) is 0.870. The molecular formula is C11H13NO3S. The molecule has 1 aromatic rings. The lowest BCUT2D eigenvalue weighted by Gasteiger charge is -2.07. The van der Waals surface area contributed by atoms with Crippen LogP contribution < -0.4 is 4.72 Å². The van der Waals surface area contributed by atoms with Crippen LogP contribution in [-0.2, 0) is 14.8 Å². The molecule has 1 heterocycles. The molecule has 2 rings (SSSR count). The summed E-state index contributed by atoms with van der Waals surface area (Å²) in [6.45, 7) is 2.45. The van der Waals surface area contributed by atoms with Crippen LogP contribution in [0.15, 0.2) is 41.1 Å². The maximum absolute atomic E-state index is 11.9. The van der Waals surface area contributed by atoms with E-state index in [2.05, 4.69) is 4.72 Å². The Labute approximate surface area is 95.0 Å².